The third kappa shape index (κ3) is 2.77. The molecule has 1 fully saturated rings. The van der Waals surface area contributed by atoms with Crippen LogP contribution in [0.1, 0.15) is 41.5 Å². The number of anilines is 1. The van der Waals surface area contributed by atoms with E-state index in [9.17, 15) is 4.79 Å². The van der Waals surface area contributed by atoms with Crippen molar-refractivity contribution in [1.82, 2.24) is 4.98 Å². The summed E-state index contributed by atoms with van der Waals surface area (Å²) in [6.45, 7) is 7.67. The second-order valence-electron chi connectivity index (χ2n) is 5.67. The molecule has 0 bridgehead atoms. The Hall–Kier alpha value is -1.62. The molecule has 0 aliphatic carbocycles. The lowest BCUT2D eigenvalue weighted by Crippen LogP contribution is -2.47. The van der Waals surface area contributed by atoms with Gasteiger partial charge in [0.05, 0.1) is 16.9 Å². The zero-order valence-corrected chi connectivity index (χ0v) is 12.5. The number of nitrogens with zero attached hydrogens (tertiary/aromatic N) is 2. The maximum Gasteiger partial charge on any atom is 0.252 e. The summed E-state index contributed by atoms with van der Waals surface area (Å²) < 4.78 is 0. The van der Waals surface area contributed by atoms with E-state index in [1.807, 2.05) is 19.9 Å². The molecule has 1 amide bonds. The zero-order chi connectivity index (χ0) is 14.9. The Morgan fingerprint density at radius 1 is 1.50 bits per heavy atom. The number of aryl methyl sites for hydroxylation is 2. The fourth-order valence-electron chi connectivity index (χ4n) is 3.06. The number of rotatable bonds is 3. The molecule has 4 N–H and O–H groups in total. The number of piperidine rings is 1. The summed E-state index contributed by atoms with van der Waals surface area (Å²) >= 11 is 0. The Labute approximate surface area is 120 Å². The largest absolute Gasteiger partial charge is 0.370 e. The first-order valence-electron chi connectivity index (χ1n) is 7.22. The second kappa shape index (κ2) is 5.79. The molecule has 1 aromatic heterocycles. The zero-order valence-electron chi connectivity index (χ0n) is 12.5. The third-order valence-electron chi connectivity index (χ3n) is 4.21. The Morgan fingerprint density at radius 3 is 2.80 bits per heavy atom. The van der Waals surface area contributed by atoms with Crippen LogP contribution in [0.5, 0.6) is 0 Å². The van der Waals surface area contributed by atoms with Crippen molar-refractivity contribution in [3.8, 4) is 0 Å². The van der Waals surface area contributed by atoms with Gasteiger partial charge in [0, 0.05) is 24.8 Å². The van der Waals surface area contributed by atoms with Crippen LogP contribution < -0.4 is 16.4 Å². The van der Waals surface area contributed by atoms with Gasteiger partial charge in [-0.15, -0.1) is 0 Å². The molecule has 2 unspecified atom stereocenters. The summed E-state index contributed by atoms with van der Waals surface area (Å²) in [6, 6.07) is 2.20. The first-order valence-corrected chi connectivity index (χ1v) is 7.22. The number of carbonyl (C=O) groups excluding carboxylic acids is 1. The van der Waals surface area contributed by atoms with Crippen molar-refractivity contribution in [1.29, 1.82) is 0 Å². The lowest BCUT2D eigenvalue weighted by molar-refractivity contribution is 0.0999. The van der Waals surface area contributed by atoms with Crippen LogP contribution in [-0.2, 0) is 0 Å². The number of amides is 1. The van der Waals surface area contributed by atoms with E-state index in [2.05, 4.69) is 16.8 Å². The number of carbonyl (C=O) groups is 1. The molecule has 20 heavy (non-hydrogen) atoms. The Balaban J connectivity index is 2.39. The molecule has 1 aromatic rings. The summed E-state index contributed by atoms with van der Waals surface area (Å²) in [4.78, 5) is 18.3. The molecule has 0 radical (unpaired) electrons. The molecule has 0 spiro atoms. The molecule has 1 saturated heterocycles. The lowest BCUT2D eigenvalue weighted by atomic mass is 9.90. The van der Waals surface area contributed by atoms with Gasteiger partial charge in [-0.05, 0) is 32.3 Å². The molecule has 1 aliphatic rings. The lowest BCUT2D eigenvalue weighted by Gasteiger charge is -2.38. The Kier molecular flexibility index (Phi) is 4.28. The van der Waals surface area contributed by atoms with E-state index < -0.39 is 5.91 Å². The van der Waals surface area contributed by atoms with Crippen LogP contribution in [0, 0.1) is 19.8 Å². The van der Waals surface area contributed by atoms with Gasteiger partial charge in [-0.2, -0.15) is 0 Å². The average Bonchev–Trinajstić information content (AvgIpc) is 2.37. The van der Waals surface area contributed by atoms with Gasteiger partial charge in [0.2, 0.25) is 0 Å². The van der Waals surface area contributed by atoms with Crippen LogP contribution in [0.2, 0.25) is 0 Å². The number of hydrogen-bond donors (Lipinski definition) is 2. The van der Waals surface area contributed by atoms with Crippen LogP contribution in [0.25, 0.3) is 0 Å². The van der Waals surface area contributed by atoms with Crippen molar-refractivity contribution in [3.05, 3.63) is 23.0 Å². The average molecular weight is 276 g/mol. The van der Waals surface area contributed by atoms with Crippen molar-refractivity contribution in [2.45, 2.75) is 39.7 Å². The van der Waals surface area contributed by atoms with Gasteiger partial charge in [0.1, 0.15) is 0 Å². The highest BCUT2D eigenvalue weighted by atomic mass is 16.1. The highest BCUT2D eigenvalue weighted by molar-refractivity contribution is 5.99. The molecule has 5 heteroatoms. The Morgan fingerprint density at radius 2 is 2.20 bits per heavy atom. The van der Waals surface area contributed by atoms with Crippen molar-refractivity contribution in [2.24, 2.45) is 17.4 Å². The monoisotopic (exact) mass is 276 g/mol. The predicted molar refractivity (Wildman–Crippen MR) is 80.8 cm³/mol. The normalized spacial score (nSPS) is 22.9. The van der Waals surface area contributed by atoms with E-state index in [1.165, 1.54) is 0 Å². The molecule has 0 aromatic carbocycles. The maximum atomic E-state index is 11.7. The molecule has 110 valence electrons. The van der Waals surface area contributed by atoms with Crippen molar-refractivity contribution in [2.75, 3.05) is 18.0 Å². The fourth-order valence-corrected chi connectivity index (χ4v) is 3.06. The molecule has 1 aliphatic heterocycles. The SMILES string of the molecule is CCC1CN(c2cc(C)nc(C)c2C(N)=O)CCC1N. The summed E-state index contributed by atoms with van der Waals surface area (Å²) in [5, 5.41) is 0. The number of aromatic nitrogens is 1. The van der Waals surface area contributed by atoms with Crippen LogP contribution >= 0.6 is 0 Å². The molecule has 0 saturated carbocycles. The van der Waals surface area contributed by atoms with Crippen LogP contribution in [0.4, 0.5) is 5.69 Å². The summed E-state index contributed by atoms with van der Waals surface area (Å²) in [7, 11) is 0. The minimum atomic E-state index is -0.409. The molecule has 2 atom stereocenters. The van der Waals surface area contributed by atoms with E-state index in [1.54, 1.807) is 0 Å². The minimum Gasteiger partial charge on any atom is -0.370 e. The van der Waals surface area contributed by atoms with E-state index >= 15 is 0 Å². The van der Waals surface area contributed by atoms with Crippen LogP contribution in [0.3, 0.4) is 0 Å². The number of pyridine rings is 1. The molecule has 2 rings (SSSR count). The number of hydrogen-bond acceptors (Lipinski definition) is 4. The van der Waals surface area contributed by atoms with Crippen LogP contribution in [0.15, 0.2) is 6.07 Å². The summed E-state index contributed by atoms with van der Waals surface area (Å²) in [6.07, 6.45) is 1.99. The summed E-state index contributed by atoms with van der Waals surface area (Å²) in [5.74, 6) is 0.0474. The first kappa shape index (κ1) is 14.8. The van der Waals surface area contributed by atoms with E-state index in [4.69, 9.17) is 11.5 Å². The smallest absolute Gasteiger partial charge is 0.252 e. The maximum absolute atomic E-state index is 11.7. The number of primary amides is 1. The standard InChI is InChI=1S/C15H24N4O/c1-4-11-8-19(6-5-12(11)16)13-7-9(2)18-10(3)14(13)15(17)20/h7,11-12H,4-6,8,16H2,1-3H3,(H2,17,20). The van der Waals surface area contributed by atoms with Gasteiger partial charge in [-0.1, -0.05) is 13.3 Å². The van der Waals surface area contributed by atoms with Gasteiger partial charge in [-0.25, -0.2) is 0 Å². The third-order valence-corrected chi connectivity index (χ3v) is 4.21. The Bertz CT molecular complexity index is 515. The summed E-state index contributed by atoms with van der Waals surface area (Å²) in [5.41, 5.74) is 14.8. The highest BCUT2D eigenvalue weighted by Gasteiger charge is 2.28. The predicted octanol–water partition coefficient (Wildman–Crippen LogP) is 1.36. The van der Waals surface area contributed by atoms with Gasteiger partial charge < -0.3 is 16.4 Å². The van der Waals surface area contributed by atoms with Gasteiger partial charge in [0.25, 0.3) is 5.91 Å². The van der Waals surface area contributed by atoms with Crippen molar-refractivity contribution < 1.29 is 4.79 Å². The molecular weight excluding hydrogens is 252 g/mol. The fraction of sp³-hybridized carbons (Fsp3) is 0.600. The van der Waals surface area contributed by atoms with Gasteiger partial charge in [-0.3, -0.25) is 9.78 Å². The first-order chi connectivity index (χ1) is 9.43. The van der Waals surface area contributed by atoms with E-state index in [-0.39, 0.29) is 6.04 Å². The number of nitrogens with two attached hydrogens (primary N) is 2. The quantitative estimate of drug-likeness (QED) is 0.873. The van der Waals surface area contributed by atoms with E-state index in [0.717, 1.165) is 37.3 Å². The second-order valence-corrected chi connectivity index (χ2v) is 5.67. The van der Waals surface area contributed by atoms with Gasteiger partial charge >= 0.3 is 0 Å². The minimum absolute atomic E-state index is 0.248. The van der Waals surface area contributed by atoms with E-state index in [0.29, 0.717) is 17.2 Å². The highest BCUT2D eigenvalue weighted by Crippen LogP contribution is 2.29. The van der Waals surface area contributed by atoms with Crippen molar-refractivity contribution >= 4 is 11.6 Å². The topological polar surface area (TPSA) is 85.2 Å². The molecule has 5 nitrogen and oxygen atoms in total. The van der Waals surface area contributed by atoms with Gasteiger partial charge in [0.15, 0.2) is 0 Å². The molecular formula is C15H24N4O. The van der Waals surface area contributed by atoms with Crippen molar-refractivity contribution in [3.63, 3.8) is 0 Å². The molecule has 2 heterocycles. The van der Waals surface area contributed by atoms with Crippen LogP contribution in [-0.4, -0.2) is 30.0 Å².